The fourth-order valence-electron chi connectivity index (χ4n) is 2.97. The van der Waals surface area contributed by atoms with Crippen LogP contribution in [-0.4, -0.2) is 39.6 Å². The Kier molecular flexibility index (Phi) is 4.38. The predicted octanol–water partition coefficient (Wildman–Crippen LogP) is 2.98. The van der Waals surface area contributed by atoms with Crippen molar-refractivity contribution in [2.24, 2.45) is 5.92 Å². The third-order valence-corrected chi connectivity index (χ3v) is 4.56. The third kappa shape index (κ3) is 3.18. The summed E-state index contributed by atoms with van der Waals surface area (Å²) in [4.78, 5) is 25.5. The van der Waals surface area contributed by atoms with E-state index in [1.165, 1.54) is 0 Å². The lowest BCUT2D eigenvalue weighted by molar-refractivity contribution is -0.143. The number of aryl methyl sites for hydroxylation is 1. The Morgan fingerprint density at radius 3 is 2.62 bits per heavy atom. The maximum absolute atomic E-state index is 12.7. The summed E-state index contributed by atoms with van der Waals surface area (Å²) in [7, 11) is 0. The standard InChI is InChI=1S/C18H20N2O4/c1-11-3-6-13(7-4-11)15-9-16(24-19-15)17(21)20-10-14(18(22)23)8-5-12(20)2/h3-4,6-7,9,12,14H,5,8,10H2,1-2H3,(H,22,23). The fourth-order valence-corrected chi connectivity index (χ4v) is 2.97. The Bertz CT molecular complexity index is 751. The fraction of sp³-hybridized carbons (Fsp3) is 0.389. The van der Waals surface area contributed by atoms with Crippen LogP contribution in [0.5, 0.6) is 0 Å². The molecule has 6 heteroatoms. The number of carbonyl (C=O) groups is 2. The van der Waals surface area contributed by atoms with E-state index in [9.17, 15) is 14.7 Å². The van der Waals surface area contributed by atoms with Crippen molar-refractivity contribution in [1.29, 1.82) is 0 Å². The number of benzene rings is 1. The topological polar surface area (TPSA) is 83.6 Å². The van der Waals surface area contributed by atoms with Crippen LogP contribution in [0.15, 0.2) is 34.9 Å². The van der Waals surface area contributed by atoms with Crippen LogP contribution >= 0.6 is 0 Å². The summed E-state index contributed by atoms with van der Waals surface area (Å²) in [6, 6.07) is 9.38. The Morgan fingerprint density at radius 1 is 1.25 bits per heavy atom. The Balaban J connectivity index is 1.80. The SMILES string of the molecule is Cc1ccc(-c2cc(C(=O)N3CC(C(=O)O)CCC3C)on2)cc1. The number of hydrogen-bond acceptors (Lipinski definition) is 4. The summed E-state index contributed by atoms with van der Waals surface area (Å²) in [5.41, 5.74) is 2.61. The largest absolute Gasteiger partial charge is 0.481 e. The van der Waals surface area contributed by atoms with E-state index in [1.54, 1.807) is 11.0 Å². The van der Waals surface area contributed by atoms with E-state index in [0.717, 1.165) is 11.1 Å². The van der Waals surface area contributed by atoms with Crippen molar-refractivity contribution in [2.45, 2.75) is 32.7 Å². The Morgan fingerprint density at radius 2 is 1.96 bits per heavy atom. The van der Waals surface area contributed by atoms with Gasteiger partial charge in [0.1, 0.15) is 5.69 Å². The molecular formula is C18H20N2O4. The molecule has 2 heterocycles. The van der Waals surface area contributed by atoms with E-state index in [0.29, 0.717) is 18.5 Å². The number of piperidine rings is 1. The van der Waals surface area contributed by atoms with Gasteiger partial charge in [-0.3, -0.25) is 9.59 Å². The summed E-state index contributed by atoms with van der Waals surface area (Å²) in [6.07, 6.45) is 1.26. The van der Waals surface area contributed by atoms with Gasteiger partial charge < -0.3 is 14.5 Å². The molecule has 0 saturated carbocycles. The summed E-state index contributed by atoms with van der Waals surface area (Å²) >= 11 is 0. The van der Waals surface area contributed by atoms with Crippen molar-refractivity contribution in [1.82, 2.24) is 10.1 Å². The van der Waals surface area contributed by atoms with Crippen LogP contribution in [0.4, 0.5) is 0 Å². The molecule has 0 radical (unpaired) electrons. The maximum atomic E-state index is 12.7. The molecule has 1 N–H and O–H groups in total. The zero-order valence-electron chi connectivity index (χ0n) is 13.7. The third-order valence-electron chi connectivity index (χ3n) is 4.56. The van der Waals surface area contributed by atoms with Gasteiger partial charge >= 0.3 is 5.97 Å². The summed E-state index contributed by atoms with van der Waals surface area (Å²) in [6.45, 7) is 4.13. The second kappa shape index (κ2) is 6.47. The van der Waals surface area contributed by atoms with Crippen LogP contribution in [0.3, 0.4) is 0 Å². The zero-order valence-corrected chi connectivity index (χ0v) is 13.7. The Hall–Kier alpha value is -2.63. The number of nitrogens with zero attached hydrogens (tertiary/aromatic N) is 2. The van der Waals surface area contributed by atoms with E-state index < -0.39 is 11.9 Å². The van der Waals surface area contributed by atoms with Gasteiger partial charge in [0, 0.05) is 24.2 Å². The average molecular weight is 328 g/mol. The molecule has 1 aromatic heterocycles. The molecule has 3 rings (SSSR count). The Labute approximate surface area is 140 Å². The lowest BCUT2D eigenvalue weighted by Crippen LogP contribution is -2.47. The first-order valence-electron chi connectivity index (χ1n) is 8.03. The van der Waals surface area contributed by atoms with Gasteiger partial charge in [0.25, 0.3) is 5.91 Å². The van der Waals surface area contributed by atoms with Gasteiger partial charge in [-0.15, -0.1) is 0 Å². The molecule has 2 unspecified atom stereocenters. The highest BCUT2D eigenvalue weighted by Gasteiger charge is 2.34. The predicted molar refractivity (Wildman–Crippen MR) is 87.5 cm³/mol. The van der Waals surface area contributed by atoms with Crippen LogP contribution in [0.25, 0.3) is 11.3 Å². The number of carbonyl (C=O) groups excluding carboxylic acids is 1. The minimum atomic E-state index is -0.863. The van der Waals surface area contributed by atoms with E-state index in [-0.39, 0.29) is 24.3 Å². The van der Waals surface area contributed by atoms with E-state index >= 15 is 0 Å². The number of aromatic nitrogens is 1. The van der Waals surface area contributed by atoms with Gasteiger partial charge in [-0.05, 0) is 26.7 Å². The molecule has 1 amide bonds. The number of amides is 1. The van der Waals surface area contributed by atoms with E-state index in [2.05, 4.69) is 5.16 Å². The normalized spacial score (nSPS) is 20.8. The first-order valence-corrected chi connectivity index (χ1v) is 8.03. The van der Waals surface area contributed by atoms with Crippen LogP contribution < -0.4 is 0 Å². The van der Waals surface area contributed by atoms with Crippen LogP contribution in [0.2, 0.25) is 0 Å². The molecule has 2 aromatic rings. The van der Waals surface area contributed by atoms with Gasteiger partial charge in [0.2, 0.25) is 5.76 Å². The van der Waals surface area contributed by atoms with Crippen LogP contribution in [0, 0.1) is 12.8 Å². The molecule has 0 bridgehead atoms. The van der Waals surface area contributed by atoms with Gasteiger partial charge in [-0.25, -0.2) is 0 Å². The minimum absolute atomic E-state index is 0.0129. The molecule has 24 heavy (non-hydrogen) atoms. The van der Waals surface area contributed by atoms with Crippen molar-refractivity contribution in [3.05, 3.63) is 41.7 Å². The molecule has 0 aliphatic carbocycles. The second-order valence-electron chi connectivity index (χ2n) is 6.36. The van der Waals surface area contributed by atoms with Crippen molar-refractivity contribution in [3.63, 3.8) is 0 Å². The number of aliphatic carboxylic acids is 1. The van der Waals surface area contributed by atoms with Gasteiger partial charge in [0.05, 0.1) is 5.92 Å². The van der Waals surface area contributed by atoms with Gasteiger partial charge in [0.15, 0.2) is 0 Å². The quantitative estimate of drug-likeness (QED) is 0.936. The minimum Gasteiger partial charge on any atom is -0.481 e. The lowest BCUT2D eigenvalue weighted by atomic mass is 9.93. The van der Waals surface area contributed by atoms with E-state index in [4.69, 9.17) is 4.52 Å². The number of rotatable bonds is 3. The summed E-state index contributed by atoms with van der Waals surface area (Å²) in [5.74, 6) is -1.55. The van der Waals surface area contributed by atoms with E-state index in [1.807, 2.05) is 38.1 Å². The van der Waals surface area contributed by atoms with Crippen LogP contribution in [0.1, 0.15) is 35.9 Å². The molecule has 1 aliphatic rings. The molecule has 1 saturated heterocycles. The zero-order chi connectivity index (χ0) is 17.3. The molecule has 1 aromatic carbocycles. The second-order valence-corrected chi connectivity index (χ2v) is 6.36. The molecule has 2 atom stereocenters. The summed E-state index contributed by atoms with van der Waals surface area (Å²) in [5, 5.41) is 13.2. The van der Waals surface area contributed by atoms with Crippen molar-refractivity contribution in [3.8, 4) is 11.3 Å². The first kappa shape index (κ1) is 16.2. The first-order chi connectivity index (χ1) is 11.5. The molecule has 1 aliphatic heterocycles. The molecule has 1 fully saturated rings. The monoisotopic (exact) mass is 328 g/mol. The number of hydrogen-bond donors (Lipinski definition) is 1. The van der Waals surface area contributed by atoms with Crippen LogP contribution in [-0.2, 0) is 4.79 Å². The number of carboxylic acids is 1. The highest BCUT2D eigenvalue weighted by Crippen LogP contribution is 2.26. The van der Waals surface area contributed by atoms with Gasteiger partial charge in [-0.2, -0.15) is 0 Å². The summed E-state index contributed by atoms with van der Waals surface area (Å²) < 4.78 is 5.22. The van der Waals surface area contributed by atoms with Crippen molar-refractivity contribution in [2.75, 3.05) is 6.54 Å². The highest BCUT2D eigenvalue weighted by atomic mass is 16.5. The number of carboxylic acid groups (broad SMARTS) is 1. The maximum Gasteiger partial charge on any atom is 0.308 e. The molecule has 0 spiro atoms. The smallest absolute Gasteiger partial charge is 0.308 e. The molecule has 6 nitrogen and oxygen atoms in total. The lowest BCUT2D eigenvalue weighted by Gasteiger charge is -2.35. The van der Waals surface area contributed by atoms with Gasteiger partial charge in [-0.1, -0.05) is 35.0 Å². The highest BCUT2D eigenvalue weighted by molar-refractivity contribution is 5.93. The van der Waals surface area contributed by atoms with Crippen molar-refractivity contribution >= 4 is 11.9 Å². The number of likely N-dealkylation sites (tertiary alicyclic amines) is 1. The van der Waals surface area contributed by atoms with Crippen molar-refractivity contribution < 1.29 is 19.2 Å². The average Bonchev–Trinajstić information content (AvgIpc) is 3.05. The molecule has 126 valence electrons. The molecular weight excluding hydrogens is 308 g/mol.